The maximum atomic E-state index is 14.3. The minimum atomic E-state index is -0.494. The lowest BCUT2D eigenvalue weighted by molar-refractivity contribution is 0.616. The summed E-state index contributed by atoms with van der Waals surface area (Å²) in [4.78, 5) is 18.9. The number of para-hydroxylation sites is 2. The van der Waals surface area contributed by atoms with Crippen molar-refractivity contribution in [3.63, 3.8) is 0 Å². The minimum Gasteiger partial charge on any atom is -0.424 e. The Kier molecular flexibility index (Phi) is 3.34. The molecule has 0 atom stereocenters. The van der Waals surface area contributed by atoms with Crippen molar-refractivity contribution in [1.29, 1.82) is 0 Å². The molecule has 172 valence electrons. The van der Waals surface area contributed by atoms with Gasteiger partial charge in [0.1, 0.15) is 5.58 Å². The molecule has 0 saturated heterocycles. The average molecular weight is 475 g/mol. The molecule has 0 saturated carbocycles. The van der Waals surface area contributed by atoms with Crippen LogP contribution in [0.1, 0.15) is 22.3 Å². The summed E-state index contributed by atoms with van der Waals surface area (Å²) in [5.74, 6) is 0.316. The van der Waals surface area contributed by atoms with E-state index in [1.807, 2.05) is 30.3 Å². The molecule has 0 amide bonds. The van der Waals surface area contributed by atoms with E-state index in [2.05, 4.69) is 83.8 Å². The lowest BCUT2D eigenvalue weighted by Crippen LogP contribution is -2.26. The first kappa shape index (κ1) is 19.3. The molecule has 0 fully saturated rings. The molecule has 9 rings (SSSR count). The second-order valence-electron chi connectivity index (χ2n) is 9.87. The van der Waals surface area contributed by atoms with Gasteiger partial charge in [0.25, 0.3) is 5.56 Å². The summed E-state index contributed by atoms with van der Waals surface area (Å²) >= 11 is 0. The van der Waals surface area contributed by atoms with Gasteiger partial charge in [-0.15, -0.1) is 0 Å². The second-order valence-corrected chi connectivity index (χ2v) is 9.87. The predicted octanol–water partition coefficient (Wildman–Crippen LogP) is 6.94. The Morgan fingerprint density at radius 3 is 1.95 bits per heavy atom. The van der Waals surface area contributed by atoms with Crippen LogP contribution in [0, 0.1) is 0 Å². The summed E-state index contributed by atoms with van der Waals surface area (Å²) in [5, 5.41) is 0.597. The molecular weight excluding hydrogens is 456 g/mol. The zero-order valence-electron chi connectivity index (χ0n) is 19.6. The fourth-order valence-electron chi connectivity index (χ4n) is 6.94. The molecule has 2 aliphatic carbocycles. The zero-order chi connectivity index (χ0) is 24.3. The molecule has 0 radical (unpaired) electrons. The average Bonchev–Trinajstić information content (AvgIpc) is 3.57. The smallest absolute Gasteiger partial charge is 0.310 e. The summed E-state index contributed by atoms with van der Waals surface area (Å²) in [5.41, 5.74) is 10.8. The fraction of sp³-hybridized carbons (Fsp3) is 0.0303. The Bertz CT molecular complexity index is 2140. The number of nitrogens with zero attached hydrogens (tertiary/aromatic N) is 2. The predicted molar refractivity (Wildman–Crippen MR) is 145 cm³/mol. The molecule has 0 unspecified atom stereocenters. The summed E-state index contributed by atoms with van der Waals surface area (Å²) < 4.78 is 7.91. The molecule has 2 aliphatic rings. The number of aromatic nitrogens is 2. The largest absolute Gasteiger partial charge is 0.424 e. The number of hydrogen-bond acceptors (Lipinski definition) is 3. The SMILES string of the molecule is O=c1c2c3c(ccc2oc2nc4ccccc4n12)C1(c2ccccc2-c2ccccc21)c1ccccc1-3. The van der Waals surface area contributed by atoms with E-state index >= 15 is 0 Å². The molecule has 2 heterocycles. The van der Waals surface area contributed by atoms with E-state index in [-0.39, 0.29) is 5.56 Å². The molecule has 7 aromatic rings. The third kappa shape index (κ3) is 2.09. The Morgan fingerprint density at radius 1 is 0.622 bits per heavy atom. The van der Waals surface area contributed by atoms with Crippen molar-refractivity contribution in [2.75, 3.05) is 0 Å². The van der Waals surface area contributed by atoms with E-state index in [1.54, 1.807) is 4.40 Å². The standard InChI is InChI=1S/C33H18N2O2/c36-31-30-28(37-32-34-26-15-7-8-16-27(26)35(31)32)18-17-25-29(30)21-11-3-6-14-24(21)33(25)22-12-4-1-9-19(22)20-10-2-5-13-23(20)33/h1-18H. The van der Waals surface area contributed by atoms with E-state index in [9.17, 15) is 4.79 Å². The highest BCUT2D eigenvalue weighted by molar-refractivity contribution is 6.04. The van der Waals surface area contributed by atoms with Crippen LogP contribution < -0.4 is 5.56 Å². The van der Waals surface area contributed by atoms with Crippen LogP contribution in [-0.2, 0) is 5.41 Å². The Balaban J connectivity index is 1.53. The first-order valence-corrected chi connectivity index (χ1v) is 12.5. The first-order chi connectivity index (χ1) is 18.3. The molecule has 0 bridgehead atoms. The van der Waals surface area contributed by atoms with Gasteiger partial charge in [0.05, 0.1) is 21.8 Å². The summed E-state index contributed by atoms with van der Waals surface area (Å²) in [6, 6.07) is 37.6. The van der Waals surface area contributed by atoms with Gasteiger partial charge < -0.3 is 4.42 Å². The molecule has 4 heteroatoms. The van der Waals surface area contributed by atoms with Crippen LogP contribution in [0.5, 0.6) is 0 Å². The van der Waals surface area contributed by atoms with Crippen molar-refractivity contribution in [3.05, 3.63) is 142 Å². The van der Waals surface area contributed by atoms with Gasteiger partial charge in [0.15, 0.2) is 0 Å². The normalized spacial score (nSPS) is 14.3. The molecular formula is C33H18N2O2. The lowest BCUT2D eigenvalue weighted by atomic mass is 9.70. The summed E-state index contributed by atoms with van der Waals surface area (Å²) in [6.45, 7) is 0. The van der Waals surface area contributed by atoms with Gasteiger partial charge in [-0.25, -0.2) is 4.40 Å². The number of fused-ring (bicyclic) bond motifs is 15. The minimum absolute atomic E-state index is 0.103. The fourth-order valence-corrected chi connectivity index (χ4v) is 6.94. The Morgan fingerprint density at radius 2 is 1.22 bits per heavy atom. The van der Waals surface area contributed by atoms with Crippen molar-refractivity contribution in [2.24, 2.45) is 0 Å². The topological polar surface area (TPSA) is 47.5 Å². The highest BCUT2D eigenvalue weighted by Gasteiger charge is 2.52. The Labute approximate surface area is 211 Å². The number of rotatable bonds is 0. The van der Waals surface area contributed by atoms with Crippen molar-refractivity contribution < 1.29 is 4.42 Å². The Hall–Kier alpha value is -4.96. The molecule has 2 aromatic heterocycles. The third-order valence-electron chi connectivity index (χ3n) is 8.27. The third-order valence-corrected chi connectivity index (χ3v) is 8.27. The first-order valence-electron chi connectivity index (χ1n) is 12.5. The highest BCUT2D eigenvalue weighted by atomic mass is 16.4. The zero-order valence-corrected chi connectivity index (χ0v) is 19.6. The number of benzene rings is 5. The van der Waals surface area contributed by atoms with E-state index in [1.165, 1.54) is 27.8 Å². The van der Waals surface area contributed by atoms with Gasteiger partial charge in [-0.2, -0.15) is 4.98 Å². The highest BCUT2D eigenvalue weighted by Crippen LogP contribution is 2.63. The van der Waals surface area contributed by atoms with E-state index in [0.29, 0.717) is 16.8 Å². The number of hydrogen-bond donors (Lipinski definition) is 0. The van der Waals surface area contributed by atoms with E-state index < -0.39 is 5.41 Å². The van der Waals surface area contributed by atoms with Crippen molar-refractivity contribution in [1.82, 2.24) is 9.38 Å². The van der Waals surface area contributed by atoms with Crippen LogP contribution in [0.15, 0.2) is 118 Å². The van der Waals surface area contributed by atoms with Gasteiger partial charge in [0.2, 0.25) is 0 Å². The quantitative estimate of drug-likeness (QED) is 0.239. The van der Waals surface area contributed by atoms with Gasteiger partial charge >= 0.3 is 5.84 Å². The van der Waals surface area contributed by atoms with Gasteiger partial charge in [0, 0.05) is 5.56 Å². The van der Waals surface area contributed by atoms with Crippen LogP contribution in [-0.4, -0.2) is 9.38 Å². The van der Waals surface area contributed by atoms with E-state index in [0.717, 1.165) is 27.7 Å². The summed E-state index contributed by atoms with van der Waals surface area (Å²) in [7, 11) is 0. The molecule has 5 aromatic carbocycles. The molecule has 37 heavy (non-hydrogen) atoms. The molecule has 0 N–H and O–H groups in total. The maximum Gasteiger partial charge on any atom is 0.310 e. The van der Waals surface area contributed by atoms with E-state index in [4.69, 9.17) is 4.42 Å². The van der Waals surface area contributed by atoms with Gasteiger partial charge in [-0.05, 0) is 57.1 Å². The van der Waals surface area contributed by atoms with Gasteiger partial charge in [-0.1, -0.05) is 91.0 Å². The van der Waals surface area contributed by atoms with Gasteiger partial charge in [-0.3, -0.25) is 4.79 Å². The summed E-state index contributed by atoms with van der Waals surface area (Å²) in [6.07, 6.45) is 0. The lowest BCUT2D eigenvalue weighted by Gasteiger charge is -2.30. The maximum absolute atomic E-state index is 14.3. The number of imidazole rings is 1. The monoisotopic (exact) mass is 474 g/mol. The van der Waals surface area contributed by atoms with Crippen LogP contribution in [0.4, 0.5) is 0 Å². The van der Waals surface area contributed by atoms with Crippen molar-refractivity contribution in [3.8, 4) is 22.3 Å². The van der Waals surface area contributed by atoms with Crippen molar-refractivity contribution >= 4 is 27.8 Å². The van der Waals surface area contributed by atoms with Crippen LogP contribution in [0.2, 0.25) is 0 Å². The molecule has 1 spiro atoms. The van der Waals surface area contributed by atoms with Crippen LogP contribution >= 0.6 is 0 Å². The molecule has 4 nitrogen and oxygen atoms in total. The van der Waals surface area contributed by atoms with Crippen molar-refractivity contribution in [2.45, 2.75) is 5.41 Å². The van der Waals surface area contributed by atoms with Crippen LogP contribution in [0.25, 0.3) is 50.1 Å². The molecule has 0 aliphatic heterocycles. The van der Waals surface area contributed by atoms with Crippen LogP contribution in [0.3, 0.4) is 0 Å². The second kappa shape index (κ2) is 6.42.